The van der Waals surface area contributed by atoms with E-state index in [2.05, 4.69) is 31.9 Å². The van der Waals surface area contributed by atoms with Crippen LogP contribution in [0.3, 0.4) is 0 Å². The third kappa shape index (κ3) is 3.47. The molecular weight excluding hydrogens is 378 g/mol. The van der Waals surface area contributed by atoms with Gasteiger partial charge in [-0.3, -0.25) is 4.79 Å². The molecule has 0 bridgehead atoms. The lowest BCUT2D eigenvalue weighted by Crippen LogP contribution is -2.46. The average Bonchev–Trinajstić information content (AvgIpc) is 2.83. The molecule has 1 aliphatic rings. The van der Waals surface area contributed by atoms with Crippen molar-refractivity contribution in [2.24, 2.45) is 0 Å². The van der Waals surface area contributed by atoms with E-state index in [9.17, 15) is 4.79 Å². The minimum atomic E-state index is 0. The van der Waals surface area contributed by atoms with Crippen molar-refractivity contribution < 1.29 is 4.79 Å². The summed E-state index contributed by atoms with van der Waals surface area (Å²) in [7, 11) is 0. The van der Waals surface area contributed by atoms with Crippen molar-refractivity contribution >= 4 is 34.2 Å². The SMILES string of the molecule is Cc1cc(C(=O)N2CCNCC2)c(C)n1-c1ccccc1Br.Cl. The highest BCUT2D eigenvalue weighted by atomic mass is 79.9. The Hall–Kier alpha value is -1.30. The standard InChI is InChI=1S/C17H20BrN3O.ClH/c1-12-11-14(17(22)20-9-7-19-8-10-20)13(2)21(12)16-6-4-3-5-15(16)18;/h3-6,11,19H,7-10H2,1-2H3;1H. The van der Waals surface area contributed by atoms with Gasteiger partial charge in [0.05, 0.1) is 11.3 Å². The fourth-order valence-corrected chi connectivity index (χ4v) is 3.48. The van der Waals surface area contributed by atoms with Crippen LogP contribution in [0.15, 0.2) is 34.8 Å². The number of benzene rings is 1. The van der Waals surface area contributed by atoms with Crippen LogP contribution in [0.25, 0.3) is 5.69 Å². The van der Waals surface area contributed by atoms with Gasteiger partial charge in [0.1, 0.15) is 0 Å². The number of carbonyl (C=O) groups excluding carboxylic acids is 1. The molecule has 1 N–H and O–H groups in total. The van der Waals surface area contributed by atoms with E-state index in [1.54, 1.807) is 0 Å². The Kier molecular flexibility index (Phi) is 5.89. The summed E-state index contributed by atoms with van der Waals surface area (Å²) in [5.41, 5.74) is 3.93. The van der Waals surface area contributed by atoms with E-state index in [0.717, 1.165) is 53.3 Å². The summed E-state index contributed by atoms with van der Waals surface area (Å²) in [6.07, 6.45) is 0. The summed E-state index contributed by atoms with van der Waals surface area (Å²) >= 11 is 3.60. The minimum absolute atomic E-state index is 0. The fraction of sp³-hybridized carbons (Fsp3) is 0.353. The van der Waals surface area contributed by atoms with Crippen molar-refractivity contribution in [1.82, 2.24) is 14.8 Å². The Morgan fingerprint density at radius 2 is 1.83 bits per heavy atom. The molecule has 0 radical (unpaired) electrons. The highest BCUT2D eigenvalue weighted by Crippen LogP contribution is 2.27. The van der Waals surface area contributed by atoms with Gasteiger partial charge >= 0.3 is 0 Å². The van der Waals surface area contributed by atoms with E-state index >= 15 is 0 Å². The van der Waals surface area contributed by atoms with E-state index in [-0.39, 0.29) is 18.3 Å². The molecule has 2 heterocycles. The van der Waals surface area contributed by atoms with Gasteiger partial charge in [-0.1, -0.05) is 12.1 Å². The lowest BCUT2D eigenvalue weighted by molar-refractivity contribution is 0.0735. The van der Waals surface area contributed by atoms with Gasteiger partial charge < -0.3 is 14.8 Å². The number of aryl methyl sites for hydroxylation is 1. The van der Waals surface area contributed by atoms with Gasteiger partial charge in [-0.25, -0.2) is 0 Å². The number of hydrogen-bond donors (Lipinski definition) is 1. The van der Waals surface area contributed by atoms with Gasteiger partial charge in [0.15, 0.2) is 0 Å². The van der Waals surface area contributed by atoms with E-state index in [1.807, 2.05) is 43.0 Å². The van der Waals surface area contributed by atoms with Crippen LogP contribution in [-0.4, -0.2) is 41.6 Å². The van der Waals surface area contributed by atoms with E-state index < -0.39 is 0 Å². The van der Waals surface area contributed by atoms with Crippen LogP contribution in [0.5, 0.6) is 0 Å². The van der Waals surface area contributed by atoms with Gasteiger partial charge in [-0.2, -0.15) is 0 Å². The number of halogens is 2. The zero-order chi connectivity index (χ0) is 15.7. The molecule has 1 saturated heterocycles. The van der Waals surface area contributed by atoms with Crippen molar-refractivity contribution in [2.75, 3.05) is 26.2 Å². The molecule has 6 heteroatoms. The van der Waals surface area contributed by atoms with E-state index in [0.29, 0.717) is 0 Å². The topological polar surface area (TPSA) is 37.3 Å². The summed E-state index contributed by atoms with van der Waals surface area (Å²) in [5, 5.41) is 3.28. The molecular formula is C17H21BrClN3O. The molecule has 1 amide bonds. The molecule has 0 spiro atoms. The normalized spacial score (nSPS) is 14.5. The Morgan fingerprint density at radius 3 is 2.48 bits per heavy atom. The number of nitrogens with zero attached hydrogens (tertiary/aromatic N) is 2. The van der Waals surface area contributed by atoms with Crippen LogP contribution in [0.2, 0.25) is 0 Å². The van der Waals surface area contributed by atoms with Crippen molar-refractivity contribution in [3.63, 3.8) is 0 Å². The minimum Gasteiger partial charge on any atom is -0.336 e. The summed E-state index contributed by atoms with van der Waals surface area (Å²) < 4.78 is 3.16. The molecule has 4 nitrogen and oxygen atoms in total. The number of piperazine rings is 1. The third-order valence-corrected chi connectivity index (χ3v) is 4.83. The number of para-hydroxylation sites is 1. The van der Waals surface area contributed by atoms with Crippen LogP contribution in [0.1, 0.15) is 21.7 Å². The second-order valence-corrected chi connectivity index (χ2v) is 6.47. The van der Waals surface area contributed by atoms with Gasteiger partial charge in [0, 0.05) is 42.0 Å². The number of hydrogen-bond acceptors (Lipinski definition) is 2. The van der Waals surface area contributed by atoms with Crippen molar-refractivity contribution in [3.8, 4) is 5.69 Å². The third-order valence-electron chi connectivity index (χ3n) is 4.16. The van der Waals surface area contributed by atoms with Gasteiger partial charge in [0.2, 0.25) is 0 Å². The predicted octanol–water partition coefficient (Wildman–Crippen LogP) is 3.32. The van der Waals surface area contributed by atoms with Crippen LogP contribution < -0.4 is 5.32 Å². The zero-order valence-electron chi connectivity index (χ0n) is 13.3. The Labute approximate surface area is 151 Å². The maximum Gasteiger partial charge on any atom is 0.255 e. The van der Waals surface area contributed by atoms with Gasteiger partial charge in [-0.05, 0) is 48.0 Å². The molecule has 23 heavy (non-hydrogen) atoms. The van der Waals surface area contributed by atoms with Crippen molar-refractivity contribution in [3.05, 3.63) is 51.8 Å². The van der Waals surface area contributed by atoms with Crippen LogP contribution in [0, 0.1) is 13.8 Å². The summed E-state index contributed by atoms with van der Waals surface area (Å²) in [6.45, 7) is 7.35. The first kappa shape index (κ1) is 18.0. The first-order valence-corrected chi connectivity index (χ1v) is 8.32. The largest absolute Gasteiger partial charge is 0.336 e. The number of nitrogens with one attached hydrogen (secondary N) is 1. The maximum absolute atomic E-state index is 12.8. The molecule has 0 saturated carbocycles. The second-order valence-electron chi connectivity index (χ2n) is 5.61. The van der Waals surface area contributed by atoms with Crippen LogP contribution in [-0.2, 0) is 0 Å². The molecule has 2 aromatic rings. The summed E-state index contributed by atoms with van der Waals surface area (Å²) in [6, 6.07) is 10.1. The number of amides is 1. The average molecular weight is 399 g/mol. The van der Waals surface area contributed by atoms with E-state index in [1.165, 1.54) is 0 Å². The number of aromatic nitrogens is 1. The highest BCUT2D eigenvalue weighted by molar-refractivity contribution is 9.10. The molecule has 0 unspecified atom stereocenters. The van der Waals surface area contributed by atoms with Crippen molar-refractivity contribution in [1.29, 1.82) is 0 Å². The smallest absolute Gasteiger partial charge is 0.255 e. The van der Waals surface area contributed by atoms with E-state index in [4.69, 9.17) is 0 Å². The quantitative estimate of drug-likeness (QED) is 0.842. The zero-order valence-corrected chi connectivity index (χ0v) is 15.7. The fourth-order valence-electron chi connectivity index (χ4n) is 3.02. The molecule has 3 rings (SSSR count). The molecule has 0 atom stereocenters. The number of rotatable bonds is 2. The lowest BCUT2D eigenvalue weighted by Gasteiger charge is -2.27. The monoisotopic (exact) mass is 397 g/mol. The maximum atomic E-state index is 12.8. The predicted molar refractivity (Wildman–Crippen MR) is 99.0 cm³/mol. The Balaban J connectivity index is 0.00000192. The Morgan fingerprint density at radius 1 is 1.17 bits per heavy atom. The Bertz CT molecular complexity index is 708. The molecule has 124 valence electrons. The first-order chi connectivity index (χ1) is 10.6. The summed E-state index contributed by atoms with van der Waals surface area (Å²) in [5.74, 6) is 0.132. The van der Waals surface area contributed by atoms with Gasteiger partial charge in [0.25, 0.3) is 5.91 Å². The van der Waals surface area contributed by atoms with Crippen molar-refractivity contribution in [2.45, 2.75) is 13.8 Å². The van der Waals surface area contributed by atoms with Crippen LogP contribution >= 0.6 is 28.3 Å². The summed E-state index contributed by atoms with van der Waals surface area (Å²) in [4.78, 5) is 14.7. The van der Waals surface area contributed by atoms with Crippen LogP contribution in [0.4, 0.5) is 0 Å². The second kappa shape index (κ2) is 7.51. The molecule has 1 aliphatic heterocycles. The van der Waals surface area contributed by atoms with Gasteiger partial charge in [-0.15, -0.1) is 12.4 Å². The molecule has 1 aromatic heterocycles. The highest BCUT2D eigenvalue weighted by Gasteiger charge is 2.23. The number of carbonyl (C=O) groups is 1. The molecule has 1 fully saturated rings. The lowest BCUT2D eigenvalue weighted by atomic mass is 10.2. The first-order valence-electron chi connectivity index (χ1n) is 7.53. The molecule has 0 aliphatic carbocycles. The molecule has 1 aromatic carbocycles.